The van der Waals surface area contributed by atoms with Gasteiger partial charge in [-0.25, -0.2) is 18.7 Å². The van der Waals surface area contributed by atoms with E-state index in [2.05, 4.69) is 15.0 Å². The van der Waals surface area contributed by atoms with Gasteiger partial charge < -0.3 is 0 Å². The summed E-state index contributed by atoms with van der Waals surface area (Å²) in [6.45, 7) is 1.81. The molecule has 0 spiro atoms. The summed E-state index contributed by atoms with van der Waals surface area (Å²) in [5.41, 5.74) is 2.21. The first-order valence-electron chi connectivity index (χ1n) is 6.95. The minimum Gasteiger partial charge on any atom is -0.255 e. The van der Waals surface area contributed by atoms with E-state index in [4.69, 9.17) is 0 Å². The number of nitrogens with zero attached hydrogens (tertiary/aromatic N) is 3. The van der Waals surface area contributed by atoms with Gasteiger partial charge in [-0.1, -0.05) is 12.1 Å². The van der Waals surface area contributed by atoms with E-state index in [9.17, 15) is 8.78 Å². The average molecular weight is 329 g/mol. The number of thioether (sulfide) groups is 1. The summed E-state index contributed by atoms with van der Waals surface area (Å²) in [7, 11) is 0. The summed E-state index contributed by atoms with van der Waals surface area (Å²) >= 11 is 1.44. The molecule has 3 rings (SSSR count). The molecular formula is C17H13F2N3S. The van der Waals surface area contributed by atoms with E-state index in [1.54, 1.807) is 12.3 Å². The van der Waals surface area contributed by atoms with Crippen LogP contribution in [0.25, 0.3) is 11.4 Å². The van der Waals surface area contributed by atoms with Gasteiger partial charge in [-0.2, -0.15) is 0 Å². The molecule has 0 radical (unpaired) electrons. The lowest BCUT2D eigenvalue weighted by molar-refractivity contribution is 0.507. The highest BCUT2D eigenvalue weighted by Gasteiger charge is 2.07. The van der Waals surface area contributed by atoms with Crippen molar-refractivity contribution < 1.29 is 8.78 Å². The Labute approximate surface area is 136 Å². The van der Waals surface area contributed by atoms with Crippen molar-refractivity contribution in [3.8, 4) is 11.4 Å². The van der Waals surface area contributed by atoms with Gasteiger partial charge in [0, 0.05) is 11.9 Å². The molecule has 23 heavy (non-hydrogen) atoms. The van der Waals surface area contributed by atoms with E-state index >= 15 is 0 Å². The Morgan fingerprint density at radius 2 is 1.83 bits per heavy atom. The van der Waals surface area contributed by atoms with Gasteiger partial charge in [-0.3, -0.25) is 4.98 Å². The van der Waals surface area contributed by atoms with E-state index in [-0.39, 0.29) is 0 Å². The Kier molecular flexibility index (Phi) is 4.62. The molecule has 0 fully saturated rings. The molecule has 3 nitrogen and oxygen atoms in total. The summed E-state index contributed by atoms with van der Waals surface area (Å²) in [5.74, 6) is -0.541. The minimum atomic E-state index is -0.839. The van der Waals surface area contributed by atoms with Gasteiger partial charge in [-0.05, 0) is 42.8 Å². The molecule has 0 amide bonds. The monoisotopic (exact) mass is 329 g/mol. The predicted octanol–water partition coefficient (Wildman–Crippen LogP) is 4.42. The number of rotatable bonds is 4. The van der Waals surface area contributed by atoms with Gasteiger partial charge in [0.2, 0.25) is 0 Å². The fourth-order valence-electron chi connectivity index (χ4n) is 2.05. The Balaban J connectivity index is 1.80. The fraction of sp³-hybridized carbons (Fsp3) is 0.118. The molecule has 6 heteroatoms. The van der Waals surface area contributed by atoms with Gasteiger partial charge in [0.25, 0.3) is 0 Å². The summed E-state index contributed by atoms with van der Waals surface area (Å²) in [6.07, 6.45) is 1.71. The molecular weight excluding hydrogens is 316 g/mol. The van der Waals surface area contributed by atoms with Crippen LogP contribution in [0.1, 0.15) is 11.4 Å². The standard InChI is InChI=1S/C17H13F2N3S/c1-11-21-16(15-4-2-3-7-20-15)9-17(22-11)23-10-12-5-6-13(18)14(19)8-12/h2-9H,10H2,1H3. The van der Waals surface area contributed by atoms with Crippen molar-refractivity contribution in [1.82, 2.24) is 15.0 Å². The van der Waals surface area contributed by atoms with Gasteiger partial charge in [-0.15, -0.1) is 11.8 Å². The summed E-state index contributed by atoms with van der Waals surface area (Å²) in [4.78, 5) is 13.0. The molecule has 0 atom stereocenters. The number of aromatic nitrogens is 3. The highest BCUT2D eigenvalue weighted by Crippen LogP contribution is 2.25. The third kappa shape index (κ3) is 3.90. The molecule has 2 aromatic heterocycles. The van der Waals surface area contributed by atoms with Crippen LogP contribution in [0.3, 0.4) is 0 Å². The van der Waals surface area contributed by atoms with Crippen LogP contribution < -0.4 is 0 Å². The van der Waals surface area contributed by atoms with Crippen molar-refractivity contribution in [3.05, 3.63) is 71.7 Å². The van der Waals surface area contributed by atoms with Crippen LogP contribution in [-0.4, -0.2) is 15.0 Å². The molecule has 2 heterocycles. The van der Waals surface area contributed by atoms with Crippen LogP contribution in [0.5, 0.6) is 0 Å². The number of hydrogen-bond donors (Lipinski definition) is 0. The van der Waals surface area contributed by atoms with Crippen LogP contribution in [0, 0.1) is 18.6 Å². The van der Waals surface area contributed by atoms with Gasteiger partial charge in [0.05, 0.1) is 11.4 Å². The molecule has 0 N–H and O–H groups in total. The van der Waals surface area contributed by atoms with Crippen LogP contribution in [0.2, 0.25) is 0 Å². The first kappa shape index (κ1) is 15.6. The number of benzene rings is 1. The zero-order chi connectivity index (χ0) is 16.2. The molecule has 116 valence electrons. The normalized spacial score (nSPS) is 10.7. The van der Waals surface area contributed by atoms with Crippen LogP contribution in [0.15, 0.2) is 53.7 Å². The van der Waals surface area contributed by atoms with Crippen LogP contribution in [0.4, 0.5) is 8.78 Å². The lowest BCUT2D eigenvalue weighted by atomic mass is 10.2. The van der Waals surface area contributed by atoms with Gasteiger partial charge >= 0.3 is 0 Å². The van der Waals surface area contributed by atoms with Crippen molar-refractivity contribution in [1.29, 1.82) is 0 Å². The Bertz CT molecular complexity index is 825. The Hall–Kier alpha value is -2.34. The maximum absolute atomic E-state index is 13.2. The second-order valence-electron chi connectivity index (χ2n) is 4.89. The maximum atomic E-state index is 13.2. The molecule has 1 aromatic carbocycles. The molecule has 0 saturated carbocycles. The van der Waals surface area contributed by atoms with Crippen molar-refractivity contribution >= 4 is 11.8 Å². The highest BCUT2D eigenvalue weighted by atomic mass is 32.2. The van der Waals surface area contributed by atoms with Crippen LogP contribution >= 0.6 is 11.8 Å². The molecule has 0 bridgehead atoms. The van der Waals surface area contributed by atoms with Crippen molar-refractivity contribution in [3.63, 3.8) is 0 Å². The largest absolute Gasteiger partial charge is 0.255 e. The van der Waals surface area contributed by atoms with Crippen LogP contribution in [-0.2, 0) is 5.75 Å². The highest BCUT2D eigenvalue weighted by molar-refractivity contribution is 7.98. The third-order valence-electron chi connectivity index (χ3n) is 3.11. The molecule has 0 aliphatic rings. The van der Waals surface area contributed by atoms with Gasteiger partial charge in [0.15, 0.2) is 11.6 Å². The zero-order valence-corrected chi connectivity index (χ0v) is 13.1. The number of halogens is 2. The fourth-order valence-corrected chi connectivity index (χ4v) is 2.93. The topological polar surface area (TPSA) is 38.7 Å². The van der Waals surface area contributed by atoms with E-state index in [1.807, 2.05) is 31.2 Å². The SMILES string of the molecule is Cc1nc(SCc2ccc(F)c(F)c2)cc(-c2ccccn2)n1. The second-order valence-corrected chi connectivity index (χ2v) is 5.89. The minimum absolute atomic E-state index is 0.495. The van der Waals surface area contributed by atoms with E-state index < -0.39 is 11.6 Å². The van der Waals surface area contributed by atoms with Gasteiger partial charge in [0.1, 0.15) is 10.9 Å². The first-order valence-corrected chi connectivity index (χ1v) is 7.94. The summed E-state index contributed by atoms with van der Waals surface area (Å²) < 4.78 is 26.2. The smallest absolute Gasteiger partial charge is 0.159 e. The quantitative estimate of drug-likeness (QED) is 0.525. The first-order chi connectivity index (χ1) is 11.1. The summed E-state index contributed by atoms with van der Waals surface area (Å²) in [5, 5.41) is 0.767. The van der Waals surface area contributed by atoms with E-state index in [0.717, 1.165) is 22.5 Å². The molecule has 0 saturated heterocycles. The lowest BCUT2D eigenvalue weighted by Crippen LogP contribution is -1.95. The summed E-state index contributed by atoms with van der Waals surface area (Å²) in [6, 6.07) is 11.4. The second kappa shape index (κ2) is 6.83. The lowest BCUT2D eigenvalue weighted by Gasteiger charge is -2.06. The number of pyridine rings is 1. The molecule has 0 unspecified atom stereocenters. The van der Waals surface area contributed by atoms with Crippen molar-refractivity contribution in [2.75, 3.05) is 0 Å². The Morgan fingerprint density at radius 1 is 0.957 bits per heavy atom. The zero-order valence-electron chi connectivity index (χ0n) is 12.3. The number of aryl methyl sites for hydroxylation is 1. The Morgan fingerprint density at radius 3 is 2.57 bits per heavy atom. The average Bonchev–Trinajstić information content (AvgIpc) is 2.56. The predicted molar refractivity (Wildman–Crippen MR) is 85.9 cm³/mol. The van der Waals surface area contributed by atoms with E-state index in [0.29, 0.717) is 17.1 Å². The molecule has 0 aliphatic heterocycles. The van der Waals surface area contributed by atoms with E-state index in [1.165, 1.54) is 17.8 Å². The van der Waals surface area contributed by atoms with Crippen molar-refractivity contribution in [2.45, 2.75) is 17.7 Å². The third-order valence-corrected chi connectivity index (χ3v) is 4.10. The van der Waals surface area contributed by atoms with Crippen molar-refractivity contribution in [2.24, 2.45) is 0 Å². The number of hydrogen-bond acceptors (Lipinski definition) is 4. The molecule has 0 aliphatic carbocycles. The molecule has 3 aromatic rings. The maximum Gasteiger partial charge on any atom is 0.159 e.